The van der Waals surface area contributed by atoms with Gasteiger partial charge >= 0.3 is 6.09 Å². The largest absolute Gasteiger partial charge is 0.448 e. The minimum absolute atomic E-state index is 0.129. The maximum absolute atomic E-state index is 11.2. The molecule has 0 fully saturated rings. The molecule has 5 nitrogen and oxygen atoms in total. The van der Waals surface area contributed by atoms with Gasteiger partial charge in [-0.15, -0.1) is 0 Å². The third-order valence-electron chi connectivity index (χ3n) is 1.78. The molecule has 1 rings (SSSR count). The molecule has 0 aromatic heterocycles. The summed E-state index contributed by atoms with van der Waals surface area (Å²) < 4.78 is 4.74. The quantitative estimate of drug-likeness (QED) is 0.704. The predicted molar refractivity (Wildman–Crippen MR) is 50.4 cm³/mol. The second-order valence-electron chi connectivity index (χ2n) is 2.70. The lowest BCUT2D eigenvalue weighted by atomic mass is 10.4. The molecule has 1 aliphatic heterocycles. The van der Waals surface area contributed by atoms with Crippen molar-refractivity contribution in [2.45, 2.75) is 0 Å². The van der Waals surface area contributed by atoms with Crippen LogP contribution in [0.4, 0.5) is 4.79 Å². The number of alkyl carbamates (subject to hydrolysis) is 1. The molecule has 0 saturated heterocycles. The van der Waals surface area contributed by atoms with Gasteiger partial charge in [0, 0.05) is 18.8 Å². The van der Waals surface area contributed by atoms with Crippen LogP contribution in [-0.2, 0) is 9.53 Å². The van der Waals surface area contributed by atoms with Gasteiger partial charge in [-0.25, -0.2) is 4.79 Å². The molecule has 2 amide bonds. The van der Waals surface area contributed by atoms with Gasteiger partial charge < -0.3 is 15.0 Å². The summed E-state index contributed by atoms with van der Waals surface area (Å²) in [7, 11) is 1.48. The zero-order chi connectivity index (χ0) is 10.6. The van der Waals surface area contributed by atoms with Gasteiger partial charge in [-0.05, 0) is 6.08 Å². The number of amides is 2. The SMILES string of the molecule is C=C1C=CC(=O)N1CCOC(=O)NC. The number of nitrogens with one attached hydrogen (secondary N) is 1. The fourth-order valence-corrected chi connectivity index (χ4v) is 1.04. The highest BCUT2D eigenvalue weighted by atomic mass is 16.5. The fraction of sp³-hybridized carbons (Fsp3) is 0.333. The van der Waals surface area contributed by atoms with Crippen molar-refractivity contribution >= 4 is 12.0 Å². The summed E-state index contributed by atoms with van der Waals surface area (Å²) >= 11 is 0. The van der Waals surface area contributed by atoms with E-state index in [9.17, 15) is 9.59 Å². The number of carbonyl (C=O) groups excluding carboxylic acids is 2. The lowest BCUT2D eigenvalue weighted by Gasteiger charge is -2.16. The van der Waals surface area contributed by atoms with Crippen LogP contribution in [0.2, 0.25) is 0 Å². The first-order valence-corrected chi connectivity index (χ1v) is 4.18. The van der Waals surface area contributed by atoms with Crippen molar-refractivity contribution in [2.75, 3.05) is 20.2 Å². The molecule has 0 atom stereocenters. The molecule has 76 valence electrons. The van der Waals surface area contributed by atoms with Gasteiger partial charge in [0.15, 0.2) is 0 Å². The van der Waals surface area contributed by atoms with Gasteiger partial charge in [-0.1, -0.05) is 6.58 Å². The maximum atomic E-state index is 11.2. The van der Waals surface area contributed by atoms with Crippen LogP contribution in [0.15, 0.2) is 24.4 Å². The number of hydrogen-bond acceptors (Lipinski definition) is 3. The summed E-state index contributed by atoms with van der Waals surface area (Å²) in [6.45, 7) is 4.16. The Hall–Kier alpha value is -1.78. The van der Waals surface area contributed by atoms with Crippen LogP contribution < -0.4 is 5.32 Å². The van der Waals surface area contributed by atoms with Gasteiger partial charge in [-0.3, -0.25) is 4.79 Å². The molecule has 1 N–H and O–H groups in total. The monoisotopic (exact) mass is 196 g/mol. The zero-order valence-corrected chi connectivity index (χ0v) is 7.95. The first kappa shape index (κ1) is 10.3. The topological polar surface area (TPSA) is 58.6 Å². The molecule has 0 saturated carbocycles. The van der Waals surface area contributed by atoms with Crippen molar-refractivity contribution in [3.05, 3.63) is 24.4 Å². The van der Waals surface area contributed by atoms with Gasteiger partial charge in [0.25, 0.3) is 5.91 Å². The minimum atomic E-state index is -0.504. The molecule has 14 heavy (non-hydrogen) atoms. The van der Waals surface area contributed by atoms with Crippen LogP contribution >= 0.6 is 0 Å². The van der Waals surface area contributed by atoms with Gasteiger partial charge in [0.1, 0.15) is 6.61 Å². The average molecular weight is 196 g/mol. The molecular formula is C9H12N2O3. The smallest absolute Gasteiger partial charge is 0.406 e. The highest BCUT2D eigenvalue weighted by molar-refractivity contribution is 5.93. The summed E-state index contributed by atoms with van der Waals surface area (Å²) in [6, 6.07) is 0. The van der Waals surface area contributed by atoms with E-state index in [1.165, 1.54) is 18.0 Å². The van der Waals surface area contributed by atoms with Gasteiger partial charge in [-0.2, -0.15) is 0 Å². The summed E-state index contributed by atoms with van der Waals surface area (Å²) in [5.41, 5.74) is 0.621. The van der Waals surface area contributed by atoms with Crippen molar-refractivity contribution < 1.29 is 14.3 Å². The number of allylic oxidation sites excluding steroid dienone is 1. The van der Waals surface area contributed by atoms with Crippen LogP contribution in [0.25, 0.3) is 0 Å². The van der Waals surface area contributed by atoms with Crippen molar-refractivity contribution in [1.82, 2.24) is 10.2 Å². The summed E-state index contributed by atoms with van der Waals surface area (Å²) in [4.78, 5) is 23.3. The fourth-order valence-electron chi connectivity index (χ4n) is 1.04. The molecular weight excluding hydrogens is 184 g/mol. The van der Waals surface area contributed by atoms with Gasteiger partial charge in [0.05, 0.1) is 6.54 Å². The van der Waals surface area contributed by atoms with E-state index < -0.39 is 6.09 Å². The van der Waals surface area contributed by atoms with Crippen LogP contribution in [0.5, 0.6) is 0 Å². The Morgan fingerprint density at radius 2 is 2.36 bits per heavy atom. The highest BCUT2D eigenvalue weighted by Crippen LogP contribution is 2.11. The number of hydrogen-bond donors (Lipinski definition) is 1. The van der Waals surface area contributed by atoms with E-state index in [1.807, 2.05) is 0 Å². The van der Waals surface area contributed by atoms with E-state index in [-0.39, 0.29) is 12.5 Å². The summed E-state index contributed by atoms with van der Waals surface area (Å²) in [5.74, 6) is -0.129. The van der Waals surface area contributed by atoms with E-state index in [4.69, 9.17) is 4.74 Å². The number of nitrogens with zero attached hydrogens (tertiary/aromatic N) is 1. The van der Waals surface area contributed by atoms with Gasteiger partial charge in [0.2, 0.25) is 0 Å². The Kier molecular flexibility index (Phi) is 3.28. The predicted octanol–water partition coefficient (Wildman–Crippen LogP) is 0.255. The van der Waals surface area contributed by atoms with Crippen molar-refractivity contribution in [3.8, 4) is 0 Å². The molecule has 1 heterocycles. The van der Waals surface area contributed by atoms with Crippen molar-refractivity contribution in [2.24, 2.45) is 0 Å². The van der Waals surface area contributed by atoms with E-state index in [0.717, 1.165) is 0 Å². The molecule has 0 aliphatic carbocycles. The van der Waals surface area contributed by atoms with Crippen LogP contribution in [0.1, 0.15) is 0 Å². The Bertz CT molecular complexity index is 278. The van der Waals surface area contributed by atoms with E-state index >= 15 is 0 Å². The highest BCUT2D eigenvalue weighted by Gasteiger charge is 2.18. The zero-order valence-electron chi connectivity index (χ0n) is 7.95. The lowest BCUT2D eigenvalue weighted by molar-refractivity contribution is -0.123. The average Bonchev–Trinajstić information content (AvgIpc) is 2.48. The number of ether oxygens (including phenoxy) is 1. The molecule has 0 aromatic carbocycles. The second-order valence-corrected chi connectivity index (χ2v) is 2.70. The van der Waals surface area contributed by atoms with E-state index in [2.05, 4.69) is 11.9 Å². The normalized spacial score (nSPS) is 14.8. The molecule has 0 spiro atoms. The third kappa shape index (κ3) is 2.35. The minimum Gasteiger partial charge on any atom is -0.448 e. The first-order valence-electron chi connectivity index (χ1n) is 4.18. The van der Waals surface area contributed by atoms with Crippen molar-refractivity contribution in [1.29, 1.82) is 0 Å². The first-order chi connectivity index (χ1) is 6.65. The third-order valence-corrected chi connectivity index (χ3v) is 1.78. The Morgan fingerprint density at radius 1 is 1.64 bits per heavy atom. The molecule has 5 heteroatoms. The molecule has 0 bridgehead atoms. The second kappa shape index (κ2) is 4.45. The molecule has 0 unspecified atom stereocenters. The molecule has 1 aliphatic rings. The summed E-state index contributed by atoms with van der Waals surface area (Å²) in [5, 5.41) is 2.31. The van der Waals surface area contributed by atoms with Crippen LogP contribution in [0, 0.1) is 0 Å². The van der Waals surface area contributed by atoms with E-state index in [1.54, 1.807) is 6.08 Å². The standard InChI is InChI=1S/C9H12N2O3/c1-7-3-4-8(12)11(7)5-6-14-9(13)10-2/h3-4H,1,5-6H2,2H3,(H,10,13). The molecule has 0 aromatic rings. The maximum Gasteiger partial charge on any atom is 0.406 e. The molecule has 0 radical (unpaired) electrons. The Morgan fingerprint density at radius 3 is 2.86 bits per heavy atom. The van der Waals surface area contributed by atoms with Crippen LogP contribution in [0.3, 0.4) is 0 Å². The van der Waals surface area contributed by atoms with Crippen molar-refractivity contribution in [3.63, 3.8) is 0 Å². The summed E-state index contributed by atoms with van der Waals surface area (Å²) in [6.07, 6.45) is 2.56. The van der Waals surface area contributed by atoms with E-state index in [0.29, 0.717) is 12.2 Å². The Labute approximate surface area is 82.0 Å². The number of rotatable bonds is 3. The Balaban J connectivity index is 2.29. The lowest BCUT2D eigenvalue weighted by Crippen LogP contribution is -2.30. The number of carbonyl (C=O) groups is 2. The van der Waals surface area contributed by atoms with Crippen LogP contribution in [-0.4, -0.2) is 37.1 Å².